The molecule has 4 heterocycles. The summed E-state index contributed by atoms with van der Waals surface area (Å²) in [7, 11) is 0. The van der Waals surface area contributed by atoms with Gasteiger partial charge in [-0.25, -0.2) is 0 Å². The third-order valence-corrected chi connectivity index (χ3v) is 16.1. The molecule has 0 amide bonds. The van der Waals surface area contributed by atoms with E-state index in [-0.39, 0.29) is 22.7 Å². The third kappa shape index (κ3) is 5.91. The summed E-state index contributed by atoms with van der Waals surface area (Å²) in [6.45, 7) is 11.6. The summed E-state index contributed by atoms with van der Waals surface area (Å²) in [5.74, 6) is 3.73. The zero-order chi connectivity index (χ0) is 36.2. The standard InChI is InChI=1S/C39H64O12/c1-18-8-13-39(46-17-18)19(2)28-26(51-39)15-25-23-7-6-21-14-22(9-11-37(21,4)24(23)10-12-38(25,28)5)48-36-33(45)31(43)34(27(16-40)49-36)50-35-32(44)30(42)29(41)20(3)47-35/h18-36,40-45H,6-17H2,1-5H3. The van der Waals surface area contributed by atoms with E-state index >= 15 is 0 Å². The van der Waals surface area contributed by atoms with E-state index in [9.17, 15) is 30.6 Å². The van der Waals surface area contributed by atoms with Gasteiger partial charge in [-0.3, -0.25) is 0 Å². The van der Waals surface area contributed by atoms with Gasteiger partial charge in [0.25, 0.3) is 0 Å². The van der Waals surface area contributed by atoms with Crippen molar-refractivity contribution in [2.75, 3.05) is 13.2 Å². The van der Waals surface area contributed by atoms with Crippen LogP contribution in [0.1, 0.15) is 98.8 Å². The first-order valence-electron chi connectivity index (χ1n) is 20.2. The fourth-order valence-electron chi connectivity index (χ4n) is 13.2. The smallest absolute Gasteiger partial charge is 0.187 e. The summed E-state index contributed by atoms with van der Waals surface area (Å²) >= 11 is 0. The topological polar surface area (TPSA) is 177 Å². The molecule has 4 aliphatic heterocycles. The summed E-state index contributed by atoms with van der Waals surface area (Å²) < 4.78 is 37.2. The van der Waals surface area contributed by atoms with Crippen molar-refractivity contribution in [3.63, 3.8) is 0 Å². The average molecular weight is 725 g/mol. The van der Waals surface area contributed by atoms with E-state index in [2.05, 4.69) is 27.7 Å². The molecule has 292 valence electrons. The largest absolute Gasteiger partial charge is 0.394 e. The minimum atomic E-state index is -1.60. The Kier molecular flexibility index (Phi) is 10.00. The van der Waals surface area contributed by atoms with Crippen LogP contribution in [-0.4, -0.2) is 123 Å². The van der Waals surface area contributed by atoms with Crippen molar-refractivity contribution in [1.82, 2.24) is 0 Å². The van der Waals surface area contributed by atoms with E-state index in [0.717, 1.165) is 45.1 Å². The first-order chi connectivity index (χ1) is 24.2. The maximum Gasteiger partial charge on any atom is 0.187 e. The van der Waals surface area contributed by atoms with E-state index in [0.29, 0.717) is 47.5 Å². The molecule has 22 atom stereocenters. The lowest BCUT2D eigenvalue weighted by Crippen LogP contribution is -2.64. The van der Waals surface area contributed by atoms with Crippen LogP contribution in [0.5, 0.6) is 0 Å². The van der Waals surface area contributed by atoms with Crippen molar-refractivity contribution in [2.45, 2.75) is 178 Å². The SMILES string of the molecule is CC1CCC2(OC1)OC1CC3C4CCC5CC(OC6OC(CO)C(OC7OC(C)C(O)C(O)C7O)C(O)C6O)CCC5(C)C4CCC3(C)C1C2C. The summed E-state index contributed by atoms with van der Waals surface area (Å²) in [6, 6.07) is 0. The predicted octanol–water partition coefficient (Wildman–Crippen LogP) is 2.47. The first kappa shape index (κ1) is 37.4. The molecule has 0 bridgehead atoms. The second-order valence-electron chi connectivity index (χ2n) is 18.7. The molecule has 12 nitrogen and oxygen atoms in total. The van der Waals surface area contributed by atoms with E-state index in [1.54, 1.807) is 0 Å². The molecule has 0 radical (unpaired) electrons. The van der Waals surface area contributed by atoms with Gasteiger partial charge in [0.05, 0.1) is 31.5 Å². The molecule has 4 saturated heterocycles. The molecular weight excluding hydrogens is 660 g/mol. The highest BCUT2D eigenvalue weighted by molar-refractivity contribution is 5.15. The Balaban J connectivity index is 0.894. The lowest BCUT2D eigenvalue weighted by molar-refractivity contribution is -0.361. The number of hydrogen-bond acceptors (Lipinski definition) is 12. The first-order valence-corrected chi connectivity index (χ1v) is 20.2. The van der Waals surface area contributed by atoms with Crippen LogP contribution in [-0.2, 0) is 28.4 Å². The lowest BCUT2D eigenvalue weighted by atomic mass is 9.44. The third-order valence-electron chi connectivity index (χ3n) is 16.1. The molecule has 0 aromatic heterocycles. The second-order valence-corrected chi connectivity index (χ2v) is 18.7. The fraction of sp³-hybridized carbons (Fsp3) is 1.00. The molecule has 4 saturated carbocycles. The van der Waals surface area contributed by atoms with Gasteiger partial charge in [0, 0.05) is 12.3 Å². The molecule has 8 fully saturated rings. The number of ether oxygens (including phenoxy) is 6. The molecule has 12 heteroatoms. The van der Waals surface area contributed by atoms with Gasteiger partial charge in [0.15, 0.2) is 18.4 Å². The molecule has 22 unspecified atom stereocenters. The van der Waals surface area contributed by atoms with Crippen molar-refractivity contribution >= 4 is 0 Å². The number of aliphatic hydroxyl groups is 6. The predicted molar refractivity (Wildman–Crippen MR) is 182 cm³/mol. The molecule has 8 rings (SSSR count). The van der Waals surface area contributed by atoms with Crippen LogP contribution in [0.4, 0.5) is 0 Å². The minimum absolute atomic E-state index is 0.160. The van der Waals surface area contributed by atoms with Crippen molar-refractivity contribution in [3.8, 4) is 0 Å². The molecule has 8 aliphatic rings. The summed E-state index contributed by atoms with van der Waals surface area (Å²) in [5.41, 5.74) is 0.498. The molecule has 0 aromatic carbocycles. The van der Waals surface area contributed by atoms with Crippen molar-refractivity contribution < 1.29 is 59.1 Å². The summed E-state index contributed by atoms with van der Waals surface area (Å²) in [5, 5.41) is 63.2. The van der Waals surface area contributed by atoms with Crippen LogP contribution in [0.15, 0.2) is 0 Å². The van der Waals surface area contributed by atoms with Crippen LogP contribution >= 0.6 is 0 Å². The maximum absolute atomic E-state index is 11.1. The van der Waals surface area contributed by atoms with Gasteiger partial charge in [0.1, 0.15) is 42.7 Å². The fourth-order valence-corrected chi connectivity index (χ4v) is 13.2. The summed E-state index contributed by atoms with van der Waals surface area (Å²) in [6.07, 6.45) is -2.12. The molecule has 6 N–H and O–H groups in total. The maximum atomic E-state index is 11.1. The number of hydrogen-bond donors (Lipinski definition) is 6. The Labute approximate surface area is 302 Å². The quantitative estimate of drug-likeness (QED) is 0.229. The molecular formula is C39H64O12. The van der Waals surface area contributed by atoms with Crippen molar-refractivity contribution in [1.29, 1.82) is 0 Å². The van der Waals surface area contributed by atoms with Crippen LogP contribution in [0.3, 0.4) is 0 Å². The van der Waals surface area contributed by atoms with Crippen LogP contribution in [0.25, 0.3) is 0 Å². The van der Waals surface area contributed by atoms with E-state index in [1.807, 2.05) is 0 Å². The van der Waals surface area contributed by atoms with Crippen LogP contribution in [0.2, 0.25) is 0 Å². The van der Waals surface area contributed by atoms with Gasteiger partial charge in [0.2, 0.25) is 0 Å². The Morgan fingerprint density at radius 1 is 0.706 bits per heavy atom. The number of rotatable bonds is 5. The Bertz CT molecular complexity index is 1240. The van der Waals surface area contributed by atoms with Crippen LogP contribution in [0, 0.1) is 52.3 Å². The minimum Gasteiger partial charge on any atom is -0.394 e. The highest BCUT2D eigenvalue weighted by Gasteiger charge is 2.69. The highest BCUT2D eigenvalue weighted by atomic mass is 16.7. The lowest BCUT2D eigenvalue weighted by Gasteiger charge is -2.61. The normalized spacial score (nSPS) is 59.9. The van der Waals surface area contributed by atoms with E-state index < -0.39 is 68.0 Å². The van der Waals surface area contributed by atoms with Gasteiger partial charge in [-0.2, -0.15) is 0 Å². The summed E-state index contributed by atoms with van der Waals surface area (Å²) in [4.78, 5) is 0. The van der Waals surface area contributed by atoms with Gasteiger partial charge in [-0.05, 0) is 111 Å². The van der Waals surface area contributed by atoms with Gasteiger partial charge < -0.3 is 59.1 Å². The second kappa shape index (κ2) is 13.6. The zero-order valence-corrected chi connectivity index (χ0v) is 31.1. The number of aliphatic hydroxyl groups excluding tert-OH is 6. The Morgan fingerprint density at radius 3 is 2.16 bits per heavy atom. The molecule has 0 aromatic rings. The molecule has 51 heavy (non-hydrogen) atoms. The van der Waals surface area contributed by atoms with E-state index in [1.165, 1.54) is 32.6 Å². The zero-order valence-electron chi connectivity index (χ0n) is 31.1. The van der Waals surface area contributed by atoms with Crippen molar-refractivity contribution in [3.05, 3.63) is 0 Å². The average Bonchev–Trinajstić information content (AvgIpc) is 3.56. The van der Waals surface area contributed by atoms with Gasteiger partial charge in [-0.1, -0.05) is 27.7 Å². The number of fused-ring (bicyclic) bond motifs is 7. The highest BCUT2D eigenvalue weighted by Crippen LogP contribution is 2.71. The molecule has 1 spiro atoms. The van der Waals surface area contributed by atoms with Gasteiger partial charge in [-0.15, -0.1) is 0 Å². The van der Waals surface area contributed by atoms with Gasteiger partial charge >= 0.3 is 0 Å². The Hall–Kier alpha value is -0.480. The van der Waals surface area contributed by atoms with Crippen molar-refractivity contribution in [2.24, 2.45) is 52.3 Å². The Morgan fingerprint density at radius 2 is 1.43 bits per heavy atom. The molecule has 4 aliphatic carbocycles. The van der Waals surface area contributed by atoms with E-state index in [4.69, 9.17) is 28.4 Å². The van der Waals surface area contributed by atoms with Crippen LogP contribution < -0.4 is 0 Å². The monoisotopic (exact) mass is 724 g/mol.